The van der Waals surface area contributed by atoms with Crippen LogP contribution in [0.4, 0.5) is 0 Å². The van der Waals surface area contributed by atoms with Gasteiger partial charge in [0.2, 0.25) is 0 Å². The fourth-order valence-corrected chi connectivity index (χ4v) is 2.47. The van der Waals surface area contributed by atoms with Crippen molar-refractivity contribution >= 4 is 8.97 Å². The molecule has 0 spiro atoms. The molecule has 0 aliphatic heterocycles. The van der Waals surface area contributed by atoms with Crippen molar-refractivity contribution in [1.29, 1.82) is 0 Å². The van der Waals surface area contributed by atoms with E-state index in [9.17, 15) is 0 Å². The lowest BCUT2D eigenvalue weighted by atomic mass is 10.3. The normalized spacial score (nSPS) is 12.0. The van der Waals surface area contributed by atoms with Crippen LogP contribution in [-0.2, 0) is 13.3 Å². The molecule has 86 valence electrons. The van der Waals surface area contributed by atoms with Crippen molar-refractivity contribution in [3.63, 3.8) is 0 Å². The van der Waals surface area contributed by atoms with Crippen LogP contribution in [0.3, 0.4) is 0 Å². The molecule has 0 saturated carbocycles. The first-order valence-corrected chi connectivity index (χ1v) is 6.89. The predicted octanol–water partition coefficient (Wildman–Crippen LogP) is 0.209. The van der Waals surface area contributed by atoms with Crippen LogP contribution in [0.25, 0.3) is 0 Å². The maximum absolute atomic E-state index is 5.84. The van der Waals surface area contributed by atoms with Crippen molar-refractivity contribution in [1.82, 2.24) is 0 Å². The van der Waals surface area contributed by atoms with Crippen molar-refractivity contribution in [2.45, 2.75) is 26.7 Å². The van der Waals surface area contributed by atoms with Gasteiger partial charge in [0, 0.05) is 19.8 Å². The van der Waals surface area contributed by atoms with Gasteiger partial charge in [-0.05, 0) is 33.2 Å². The summed E-state index contributed by atoms with van der Waals surface area (Å²) in [6, 6.07) is 0. The van der Waals surface area contributed by atoms with Crippen molar-refractivity contribution in [2.75, 3.05) is 26.4 Å². The van der Waals surface area contributed by atoms with Gasteiger partial charge in [-0.15, -0.1) is 0 Å². The third-order valence-electron chi connectivity index (χ3n) is 1.59. The second-order valence-corrected chi connectivity index (χ2v) is 4.89. The van der Waals surface area contributed by atoms with Gasteiger partial charge in [0.1, 0.15) is 0 Å². The Morgan fingerprint density at radius 2 is 1.57 bits per heavy atom. The zero-order valence-corrected chi connectivity index (χ0v) is 10.1. The van der Waals surface area contributed by atoms with E-state index in [2.05, 4.69) is 0 Å². The summed E-state index contributed by atoms with van der Waals surface area (Å²) in [5.41, 5.74) is 5.36. The molecule has 0 aromatic carbocycles. The molecule has 0 atom stereocenters. The summed E-state index contributed by atoms with van der Waals surface area (Å²) in [6.07, 6.45) is 1.82. The summed E-state index contributed by atoms with van der Waals surface area (Å²) in [5.74, 6) is 0. The quantitative estimate of drug-likeness (QED) is 0.430. The van der Waals surface area contributed by atoms with Crippen molar-refractivity contribution < 1.29 is 13.3 Å². The average Bonchev–Trinajstić information content (AvgIpc) is 2.13. The molecule has 0 rings (SSSR count). The molecule has 0 aliphatic rings. The number of hydrogen-bond donors (Lipinski definition) is 2. The van der Waals surface area contributed by atoms with Gasteiger partial charge in [-0.25, -0.2) is 0 Å². The summed E-state index contributed by atoms with van der Waals surface area (Å²) in [6.45, 7) is 6.00. The van der Waals surface area contributed by atoms with Crippen LogP contribution in [0.2, 0.25) is 0 Å². The second-order valence-electron chi connectivity index (χ2n) is 2.81. The summed E-state index contributed by atoms with van der Waals surface area (Å²) in [7, 11) is -2.84. The lowest BCUT2D eigenvalue weighted by Gasteiger charge is -2.23. The minimum Gasteiger partial charge on any atom is -0.362 e. The third kappa shape index (κ3) is 6.47. The van der Waals surface area contributed by atoms with Crippen LogP contribution in [0.5, 0.6) is 0 Å². The molecule has 0 bridgehead atoms. The highest BCUT2D eigenvalue weighted by Gasteiger charge is 2.36. The van der Waals surface area contributed by atoms with Crippen LogP contribution < -0.4 is 11.1 Å². The van der Waals surface area contributed by atoms with Crippen molar-refractivity contribution in [3.05, 3.63) is 0 Å². The maximum Gasteiger partial charge on any atom is 0.594 e. The van der Waals surface area contributed by atoms with E-state index in [0.717, 1.165) is 12.8 Å². The van der Waals surface area contributed by atoms with Crippen molar-refractivity contribution in [2.24, 2.45) is 11.1 Å². The number of nitrogens with two attached hydrogens (primary N) is 2. The fraction of sp³-hybridized carbons (Fsp3) is 1.00. The Labute approximate surface area is 87.1 Å². The molecule has 0 saturated heterocycles. The van der Waals surface area contributed by atoms with Crippen LogP contribution in [0.15, 0.2) is 0 Å². The molecule has 14 heavy (non-hydrogen) atoms. The standard InChI is InChI=1S/C8H22N2O3Si/c1-3-11-14(10,12-4-2)13-8-6-5-7-9/h3-10H2,1-2H3. The van der Waals surface area contributed by atoms with E-state index in [1.807, 2.05) is 13.8 Å². The topological polar surface area (TPSA) is 79.7 Å². The Balaban J connectivity index is 3.71. The van der Waals surface area contributed by atoms with E-state index in [-0.39, 0.29) is 0 Å². The monoisotopic (exact) mass is 222 g/mol. The molecular weight excluding hydrogens is 200 g/mol. The first-order chi connectivity index (χ1) is 6.68. The molecular formula is C8H22N2O3Si. The minimum absolute atomic E-state index is 0.514. The van der Waals surface area contributed by atoms with Gasteiger partial charge in [-0.2, -0.15) is 0 Å². The smallest absolute Gasteiger partial charge is 0.362 e. The molecule has 0 fully saturated rings. The molecule has 0 aliphatic carbocycles. The maximum atomic E-state index is 5.84. The number of rotatable bonds is 9. The van der Waals surface area contributed by atoms with E-state index in [0.29, 0.717) is 26.4 Å². The van der Waals surface area contributed by atoms with E-state index >= 15 is 0 Å². The van der Waals surface area contributed by atoms with Crippen molar-refractivity contribution in [3.8, 4) is 0 Å². The SMILES string of the molecule is CCO[Si](N)(OCC)OCCCCN. The van der Waals surface area contributed by atoms with E-state index in [1.165, 1.54) is 0 Å². The molecule has 5 nitrogen and oxygen atoms in total. The first kappa shape index (κ1) is 14.0. The minimum atomic E-state index is -2.84. The number of unbranched alkanes of at least 4 members (excludes halogenated alkanes) is 1. The Bertz CT molecular complexity index is 132. The van der Waals surface area contributed by atoms with Gasteiger partial charge in [0.05, 0.1) is 0 Å². The Hall–Kier alpha value is 0.0169. The summed E-state index contributed by atoms with van der Waals surface area (Å²) in [4.78, 5) is 0. The van der Waals surface area contributed by atoms with Gasteiger partial charge >= 0.3 is 8.97 Å². The average molecular weight is 222 g/mol. The number of hydrogen-bond acceptors (Lipinski definition) is 5. The Morgan fingerprint density at radius 1 is 1.00 bits per heavy atom. The highest BCUT2D eigenvalue weighted by Crippen LogP contribution is 2.03. The Kier molecular flexibility index (Phi) is 8.35. The second kappa shape index (κ2) is 8.34. The molecule has 0 unspecified atom stereocenters. The van der Waals surface area contributed by atoms with Gasteiger partial charge < -0.3 is 19.0 Å². The lowest BCUT2D eigenvalue weighted by molar-refractivity contribution is 0.0668. The van der Waals surface area contributed by atoms with E-state index in [4.69, 9.17) is 24.4 Å². The fourth-order valence-electron chi connectivity index (χ4n) is 0.988. The van der Waals surface area contributed by atoms with Crippen LogP contribution in [0.1, 0.15) is 26.7 Å². The molecule has 0 radical (unpaired) electrons. The van der Waals surface area contributed by atoms with Gasteiger partial charge in [-0.3, -0.25) is 5.40 Å². The van der Waals surface area contributed by atoms with Crippen LogP contribution >= 0.6 is 0 Å². The highest BCUT2D eigenvalue weighted by atomic mass is 28.4. The van der Waals surface area contributed by atoms with E-state index < -0.39 is 8.97 Å². The van der Waals surface area contributed by atoms with Crippen LogP contribution in [-0.4, -0.2) is 35.3 Å². The Morgan fingerprint density at radius 3 is 2.00 bits per heavy atom. The van der Waals surface area contributed by atoms with Gasteiger partial charge in [-0.1, -0.05) is 0 Å². The molecule has 4 N–H and O–H groups in total. The highest BCUT2D eigenvalue weighted by molar-refractivity contribution is 6.56. The zero-order chi connectivity index (χ0) is 10.9. The molecule has 0 amide bonds. The molecule has 0 heterocycles. The van der Waals surface area contributed by atoms with Crippen LogP contribution in [0, 0.1) is 0 Å². The first-order valence-electron chi connectivity index (χ1n) is 5.09. The molecule has 6 heteroatoms. The third-order valence-corrected chi connectivity index (χ3v) is 3.58. The largest absolute Gasteiger partial charge is 0.594 e. The summed E-state index contributed by atoms with van der Waals surface area (Å²) >= 11 is 0. The molecule has 0 aromatic heterocycles. The summed E-state index contributed by atoms with van der Waals surface area (Å²) in [5, 5.41) is 5.84. The predicted molar refractivity (Wildman–Crippen MR) is 57.4 cm³/mol. The summed E-state index contributed by atoms with van der Waals surface area (Å²) < 4.78 is 16.0. The van der Waals surface area contributed by atoms with Gasteiger partial charge in [0.15, 0.2) is 0 Å². The van der Waals surface area contributed by atoms with E-state index in [1.54, 1.807) is 0 Å². The molecule has 0 aromatic rings. The zero-order valence-electron chi connectivity index (χ0n) is 9.12. The lowest BCUT2D eigenvalue weighted by Crippen LogP contribution is -2.55. The van der Waals surface area contributed by atoms with Gasteiger partial charge in [0.25, 0.3) is 0 Å².